The van der Waals surface area contributed by atoms with Gasteiger partial charge in [-0.05, 0) is 38.7 Å². The van der Waals surface area contributed by atoms with E-state index in [1.165, 1.54) is 0 Å². The zero-order valence-corrected chi connectivity index (χ0v) is 14.9. The maximum absolute atomic E-state index is 12.7. The molecule has 1 rings (SSSR count). The first-order chi connectivity index (χ1) is 10.7. The normalized spacial score (nSPS) is 12.8. The molecule has 4 nitrogen and oxygen atoms in total. The molecule has 0 fully saturated rings. The summed E-state index contributed by atoms with van der Waals surface area (Å²) in [6.45, 7) is 10.2. The largest absolute Gasteiger partial charge is 0.444 e. The molecule has 0 radical (unpaired) electrons. The Morgan fingerprint density at radius 1 is 1.22 bits per heavy atom. The molecule has 23 heavy (non-hydrogen) atoms. The Hall–Kier alpha value is -1.84. The van der Waals surface area contributed by atoms with Crippen molar-refractivity contribution in [2.75, 3.05) is 0 Å². The number of hydrogen-bond donors (Lipinski definition) is 0. The number of hydrogen-bond acceptors (Lipinski definition) is 3. The lowest BCUT2D eigenvalue weighted by atomic mass is 9.97. The maximum Gasteiger partial charge on any atom is 0.410 e. The molecule has 0 aliphatic heterocycles. The van der Waals surface area contributed by atoms with Crippen molar-refractivity contribution in [1.29, 1.82) is 0 Å². The second kappa shape index (κ2) is 8.70. The molecule has 0 N–H and O–H groups in total. The number of nitrogens with zero attached hydrogens (tertiary/aromatic N) is 1. The Balaban J connectivity index is 3.02. The van der Waals surface area contributed by atoms with Crippen LogP contribution in [-0.2, 0) is 16.1 Å². The van der Waals surface area contributed by atoms with E-state index in [2.05, 4.69) is 13.8 Å². The number of benzene rings is 1. The third kappa shape index (κ3) is 6.85. The maximum atomic E-state index is 12.7. The molecule has 1 aromatic carbocycles. The standard InChI is InChI=1S/C19H29NO3/c1-15(2)17(12-9-13-21)20(18(22)23-19(3,4)5)14-16-10-7-6-8-11-16/h6-8,10-11,13,15,17H,9,12,14H2,1-5H3. The lowest BCUT2D eigenvalue weighted by Crippen LogP contribution is -2.45. The number of rotatable bonds is 7. The minimum absolute atomic E-state index is 0.0322. The van der Waals surface area contributed by atoms with Crippen LogP contribution < -0.4 is 0 Å². The predicted octanol–water partition coefficient (Wildman–Crippen LogP) is 4.43. The van der Waals surface area contributed by atoms with Crippen molar-refractivity contribution < 1.29 is 14.3 Å². The summed E-state index contributed by atoms with van der Waals surface area (Å²) in [5, 5.41) is 0. The fraction of sp³-hybridized carbons (Fsp3) is 0.579. The summed E-state index contributed by atoms with van der Waals surface area (Å²) < 4.78 is 5.58. The first-order valence-electron chi connectivity index (χ1n) is 8.21. The van der Waals surface area contributed by atoms with Crippen LogP contribution in [0.2, 0.25) is 0 Å². The van der Waals surface area contributed by atoms with Crippen LogP contribution in [0.3, 0.4) is 0 Å². The van der Waals surface area contributed by atoms with Crippen molar-refractivity contribution >= 4 is 12.4 Å². The van der Waals surface area contributed by atoms with Crippen molar-refractivity contribution in [2.45, 2.75) is 65.6 Å². The summed E-state index contributed by atoms with van der Waals surface area (Å²) in [4.78, 5) is 25.2. The minimum atomic E-state index is -0.543. The van der Waals surface area contributed by atoms with Gasteiger partial charge in [0.25, 0.3) is 0 Å². The van der Waals surface area contributed by atoms with Gasteiger partial charge >= 0.3 is 6.09 Å². The molecule has 0 aliphatic rings. The molecular formula is C19H29NO3. The van der Waals surface area contributed by atoms with Crippen LogP contribution in [-0.4, -0.2) is 28.9 Å². The van der Waals surface area contributed by atoms with Crippen LogP contribution in [0.1, 0.15) is 53.0 Å². The molecule has 4 heteroatoms. The molecule has 0 aliphatic carbocycles. The molecule has 0 heterocycles. The number of amides is 1. The highest BCUT2D eigenvalue weighted by atomic mass is 16.6. The Morgan fingerprint density at radius 3 is 2.30 bits per heavy atom. The van der Waals surface area contributed by atoms with Gasteiger partial charge in [-0.2, -0.15) is 0 Å². The lowest BCUT2D eigenvalue weighted by Gasteiger charge is -2.35. The molecule has 1 atom stereocenters. The monoisotopic (exact) mass is 319 g/mol. The van der Waals surface area contributed by atoms with E-state index in [4.69, 9.17) is 4.74 Å². The van der Waals surface area contributed by atoms with Crippen LogP contribution in [0, 0.1) is 5.92 Å². The number of carbonyl (C=O) groups excluding carboxylic acids is 2. The first-order valence-corrected chi connectivity index (χ1v) is 8.21. The Kier molecular flexibility index (Phi) is 7.27. The molecule has 1 unspecified atom stereocenters. The number of ether oxygens (including phenoxy) is 1. The quantitative estimate of drug-likeness (QED) is 0.699. The topological polar surface area (TPSA) is 46.6 Å². The van der Waals surface area contributed by atoms with Gasteiger partial charge in [-0.3, -0.25) is 0 Å². The summed E-state index contributed by atoms with van der Waals surface area (Å²) in [7, 11) is 0. The van der Waals surface area contributed by atoms with Crippen LogP contribution in [0.5, 0.6) is 0 Å². The smallest absolute Gasteiger partial charge is 0.410 e. The Bertz CT molecular complexity index is 491. The van der Waals surface area contributed by atoms with Crippen molar-refractivity contribution in [3.05, 3.63) is 35.9 Å². The molecule has 128 valence electrons. The van der Waals surface area contributed by atoms with Gasteiger partial charge in [0.1, 0.15) is 11.9 Å². The van der Waals surface area contributed by atoms with E-state index in [0.717, 1.165) is 11.8 Å². The zero-order chi connectivity index (χ0) is 17.5. The molecule has 0 bridgehead atoms. The van der Waals surface area contributed by atoms with E-state index < -0.39 is 5.60 Å². The van der Waals surface area contributed by atoms with Gasteiger partial charge in [0.15, 0.2) is 0 Å². The van der Waals surface area contributed by atoms with Gasteiger partial charge in [0.05, 0.1) is 0 Å². The first kappa shape index (κ1) is 19.2. The molecular weight excluding hydrogens is 290 g/mol. The molecule has 1 amide bonds. The van der Waals surface area contributed by atoms with Gasteiger partial charge in [-0.15, -0.1) is 0 Å². The van der Waals surface area contributed by atoms with E-state index >= 15 is 0 Å². The summed E-state index contributed by atoms with van der Waals surface area (Å²) in [6.07, 6.45) is 1.67. The number of carbonyl (C=O) groups is 2. The van der Waals surface area contributed by atoms with Gasteiger partial charge in [-0.25, -0.2) is 4.79 Å². The Morgan fingerprint density at radius 2 is 1.83 bits per heavy atom. The van der Waals surface area contributed by atoms with Crippen LogP contribution in [0.4, 0.5) is 4.79 Å². The predicted molar refractivity (Wildman–Crippen MR) is 92.1 cm³/mol. The van der Waals surface area contributed by atoms with E-state index in [1.54, 1.807) is 4.90 Å². The third-order valence-electron chi connectivity index (χ3n) is 3.57. The molecule has 0 saturated heterocycles. The molecule has 0 aromatic heterocycles. The second-order valence-electron chi connectivity index (χ2n) is 7.15. The molecule has 1 aromatic rings. The van der Waals surface area contributed by atoms with Crippen LogP contribution >= 0.6 is 0 Å². The fourth-order valence-electron chi connectivity index (χ4n) is 2.51. The fourth-order valence-corrected chi connectivity index (χ4v) is 2.51. The van der Waals surface area contributed by atoms with Crippen molar-refractivity contribution in [2.24, 2.45) is 5.92 Å². The third-order valence-corrected chi connectivity index (χ3v) is 3.57. The molecule has 0 spiro atoms. The average Bonchev–Trinajstić information content (AvgIpc) is 2.45. The second-order valence-corrected chi connectivity index (χ2v) is 7.15. The zero-order valence-electron chi connectivity index (χ0n) is 14.9. The highest BCUT2D eigenvalue weighted by Gasteiger charge is 2.30. The highest BCUT2D eigenvalue weighted by molar-refractivity contribution is 5.68. The average molecular weight is 319 g/mol. The van der Waals surface area contributed by atoms with Gasteiger partial charge in [0.2, 0.25) is 0 Å². The SMILES string of the molecule is CC(C)C(CCC=O)N(Cc1ccccc1)C(=O)OC(C)(C)C. The van der Waals surface area contributed by atoms with E-state index in [-0.39, 0.29) is 18.1 Å². The van der Waals surface area contributed by atoms with Crippen LogP contribution in [0.15, 0.2) is 30.3 Å². The van der Waals surface area contributed by atoms with Gasteiger partial charge in [-0.1, -0.05) is 44.2 Å². The summed E-state index contributed by atoms with van der Waals surface area (Å²) in [5.74, 6) is 0.242. The summed E-state index contributed by atoms with van der Waals surface area (Å²) in [5.41, 5.74) is 0.508. The van der Waals surface area contributed by atoms with Gasteiger partial charge < -0.3 is 14.4 Å². The van der Waals surface area contributed by atoms with Gasteiger partial charge in [0, 0.05) is 19.0 Å². The Labute approximate surface area is 139 Å². The van der Waals surface area contributed by atoms with E-state index in [1.807, 2.05) is 51.1 Å². The highest BCUT2D eigenvalue weighted by Crippen LogP contribution is 2.22. The molecule has 0 saturated carbocycles. The van der Waals surface area contributed by atoms with Crippen molar-refractivity contribution in [1.82, 2.24) is 4.90 Å². The summed E-state index contributed by atoms with van der Waals surface area (Å²) >= 11 is 0. The number of aldehydes is 1. The van der Waals surface area contributed by atoms with Crippen LogP contribution in [0.25, 0.3) is 0 Å². The van der Waals surface area contributed by atoms with Crippen molar-refractivity contribution in [3.8, 4) is 0 Å². The lowest BCUT2D eigenvalue weighted by molar-refractivity contribution is -0.108. The van der Waals surface area contributed by atoms with E-state index in [0.29, 0.717) is 19.4 Å². The van der Waals surface area contributed by atoms with Crippen molar-refractivity contribution in [3.63, 3.8) is 0 Å². The minimum Gasteiger partial charge on any atom is -0.444 e. The van der Waals surface area contributed by atoms with E-state index in [9.17, 15) is 9.59 Å². The summed E-state index contributed by atoms with van der Waals surface area (Å²) in [6, 6.07) is 9.82.